The molecule has 0 saturated carbocycles. The Labute approximate surface area is 166 Å². The molecule has 0 bridgehead atoms. The third kappa shape index (κ3) is 2.92. The topological polar surface area (TPSA) is 63.8 Å². The van der Waals surface area contributed by atoms with Crippen LogP contribution in [-0.2, 0) is 13.0 Å². The van der Waals surface area contributed by atoms with E-state index in [4.69, 9.17) is 4.98 Å². The minimum atomic E-state index is 0.241. The highest BCUT2D eigenvalue weighted by Crippen LogP contribution is 2.37. The van der Waals surface area contributed by atoms with Crippen molar-refractivity contribution in [3.8, 4) is 16.3 Å². The summed E-state index contributed by atoms with van der Waals surface area (Å²) in [5.41, 5.74) is 3.75. The van der Waals surface area contributed by atoms with E-state index in [0.29, 0.717) is 6.54 Å². The number of rotatable bonds is 4. The van der Waals surface area contributed by atoms with Crippen molar-refractivity contribution in [2.45, 2.75) is 19.9 Å². The van der Waals surface area contributed by atoms with Gasteiger partial charge in [0.15, 0.2) is 0 Å². The molecule has 0 aliphatic heterocycles. The predicted molar refractivity (Wildman–Crippen MR) is 113 cm³/mol. The smallest absolute Gasteiger partial charge is 0.201 e. The zero-order chi connectivity index (χ0) is 19.1. The number of nitrogens with zero attached hydrogens (tertiary/aromatic N) is 4. The van der Waals surface area contributed by atoms with Crippen LogP contribution in [0.1, 0.15) is 10.7 Å². The van der Waals surface area contributed by atoms with E-state index in [2.05, 4.69) is 22.1 Å². The van der Waals surface area contributed by atoms with Crippen LogP contribution in [0.5, 0.6) is 5.88 Å². The van der Waals surface area contributed by atoms with Crippen molar-refractivity contribution in [3.05, 3.63) is 71.8 Å². The molecule has 5 nitrogen and oxygen atoms in total. The fourth-order valence-corrected chi connectivity index (χ4v) is 4.32. The molecule has 4 aromatic heterocycles. The van der Waals surface area contributed by atoms with Gasteiger partial charge in [0.1, 0.15) is 0 Å². The minimum Gasteiger partial charge on any atom is -0.494 e. The molecule has 4 heterocycles. The Morgan fingerprint density at radius 3 is 2.79 bits per heavy atom. The molecule has 138 valence electrons. The van der Waals surface area contributed by atoms with Crippen molar-refractivity contribution < 1.29 is 5.11 Å². The summed E-state index contributed by atoms with van der Waals surface area (Å²) >= 11 is 1.62. The number of pyridine rings is 2. The highest BCUT2D eigenvalue weighted by atomic mass is 32.1. The standard InChI is InChI=1S/C22H18N4OS/c1-14-24-12-20(28-14)17-8-10-23-19-13-26(22(27)21(17)19)11-9-16-7-6-15-4-2-3-5-18(15)25-16/h2-8,10,12-13,27H,9,11H2,1H3. The fourth-order valence-electron chi connectivity index (χ4n) is 3.51. The molecule has 0 spiro atoms. The predicted octanol–water partition coefficient (Wildman–Crippen LogP) is 4.96. The van der Waals surface area contributed by atoms with Crippen LogP contribution in [-0.4, -0.2) is 24.6 Å². The number of aromatic hydroxyl groups is 1. The normalized spacial score (nSPS) is 11.5. The minimum absolute atomic E-state index is 0.241. The van der Waals surface area contributed by atoms with Crippen LogP contribution in [0.15, 0.2) is 61.1 Å². The number of aryl methyl sites for hydroxylation is 3. The second kappa shape index (κ2) is 6.73. The maximum Gasteiger partial charge on any atom is 0.201 e. The van der Waals surface area contributed by atoms with Crippen LogP contribution in [0.2, 0.25) is 0 Å². The van der Waals surface area contributed by atoms with E-state index >= 15 is 0 Å². The molecule has 0 radical (unpaired) electrons. The number of thiazole rings is 1. The van der Waals surface area contributed by atoms with Crippen LogP contribution >= 0.6 is 11.3 Å². The van der Waals surface area contributed by atoms with Crippen LogP contribution in [0.3, 0.4) is 0 Å². The van der Waals surface area contributed by atoms with Gasteiger partial charge in [-0.15, -0.1) is 11.3 Å². The van der Waals surface area contributed by atoms with Crippen LogP contribution in [0.4, 0.5) is 0 Å². The molecule has 0 atom stereocenters. The lowest BCUT2D eigenvalue weighted by atomic mass is 10.1. The maximum atomic E-state index is 10.9. The van der Waals surface area contributed by atoms with Gasteiger partial charge >= 0.3 is 0 Å². The molecule has 0 saturated heterocycles. The fraction of sp³-hybridized carbons (Fsp3) is 0.136. The first-order valence-electron chi connectivity index (χ1n) is 9.13. The Bertz CT molecular complexity index is 1300. The molecular formula is C22H18N4OS. The summed E-state index contributed by atoms with van der Waals surface area (Å²) in [6.45, 7) is 2.61. The summed E-state index contributed by atoms with van der Waals surface area (Å²) in [6.07, 6.45) is 6.27. The van der Waals surface area contributed by atoms with E-state index < -0.39 is 0 Å². The van der Waals surface area contributed by atoms with Crippen molar-refractivity contribution in [3.63, 3.8) is 0 Å². The van der Waals surface area contributed by atoms with Crippen molar-refractivity contribution >= 4 is 33.1 Å². The number of hydrogen-bond donors (Lipinski definition) is 1. The van der Waals surface area contributed by atoms with Crippen molar-refractivity contribution in [2.75, 3.05) is 0 Å². The molecule has 6 heteroatoms. The van der Waals surface area contributed by atoms with Gasteiger partial charge in [0.25, 0.3) is 0 Å². The summed E-state index contributed by atoms with van der Waals surface area (Å²) < 4.78 is 1.85. The quantitative estimate of drug-likeness (QED) is 0.474. The molecule has 0 amide bonds. The summed E-state index contributed by atoms with van der Waals surface area (Å²) in [4.78, 5) is 14.5. The third-order valence-electron chi connectivity index (χ3n) is 4.91. The van der Waals surface area contributed by atoms with E-state index in [9.17, 15) is 5.11 Å². The first-order chi connectivity index (χ1) is 13.7. The van der Waals surface area contributed by atoms with Gasteiger partial charge in [-0.2, -0.15) is 0 Å². The Morgan fingerprint density at radius 1 is 1.04 bits per heavy atom. The first kappa shape index (κ1) is 16.9. The number of hydrogen-bond acceptors (Lipinski definition) is 5. The maximum absolute atomic E-state index is 10.9. The number of benzene rings is 1. The van der Waals surface area contributed by atoms with Crippen LogP contribution in [0.25, 0.3) is 32.2 Å². The summed E-state index contributed by atoms with van der Waals surface area (Å²) in [7, 11) is 0. The Hall–Kier alpha value is -3.25. The van der Waals surface area contributed by atoms with E-state index in [0.717, 1.165) is 49.4 Å². The number of aromatic nitrogens is 4. The molecule has 0 fully saturated rings. The largest absolute Gasteiger partial charge is 0.494 e. The van der Waals surface area contributed by atoms with Gasteiger partial charge in [-0.1, -0.05) is 24.3 Å². The zero-order valence-electron chi connectivity index (χ0n) is 15.3. The van der Waals surface area contributed by atoms with Gasteiger partial charge in [0.05, 0.1) is 26.3 Å². The summed E-state index contributed by atoms with van der Waals surface area (Å²) in [5.74, 6) is 0.241. The number of para-hydroxylation sites is 1. The van der Waals surface area contributed by atoms with Gasteiger partial charge in [-0.3, -0.25) is 9.97 Å². The number of fused-ring (bicyclic) bond motifs is 2. The van der Waals surface area contributed by atoms with Crippen LogP contribution in [0, 0.1) is 6.92 Å². The Kier molecular flexibility index (Phi) is 4.06. The molecule has 0 unspecified atom stereocenters. The first-order valence-corrected chi connectivity index (χ1v) is 9.95. The van der Waals surface area contributed by atoms with E-state index in [1.807, 2.05) is 54.2 Å². The average molecular weight is 386 g/mol. The molecule has 1 aromatic carbocycles. The Balaban J connectivity index is 1.48. The summed E-state index contributed by atoms with van der Waals surface area (Å²) in [6, 6.07) is 14.2. The van der Waals surface area contributed by atoms with Crippen molar-refractivity contribution in [1.29, 1.82) is 0 Å². The van der Waals surface area contributed by atoms with Gasteiger partial charge in [-0.05, 0) is 25.1 Å². The molecule has 28 heavy (non-hydrogen) atoms. The van der Waals surface area contributed by atoms with Gasteiger partial charge < -0.3 is 9.67 Å². The van der Waals surface area contributed by atoms with E-state index in [1.165, 1.54) is 0 Å². The SMILES string of the molecule is Cc1ncc(-c2ccnc3cn(CCc4ccc5ccccc5n4)c(O)c23)s1. The molecule has 5 aromatic rings. The van der Waals surface area contributed by atoms with E-state index in [-0.39, 0.29) is 5.88 Å². The van der Waals surface area contributed by atoms with Gasteiger partial charge in [0, 0.05) is 48.2 Å². The van der Waals surface area contributed by atoms with Crippen molar-refractivity contribution in [1.82, 2.24) is 19.5 Å². The lowest BCUT2D eigenvalue weighted by Crippen LogP contribution is -2.01. The molecule has 0 aliphatic carbocycles. The molecule has 0 aliphatic rings. The third-order valence-corrected chi connectivity index (χ3v) is 5.85. The molecule has 5 rings (SSSR count). The summed E-state index contributed by atoms with van der Waals surface area (Å²) in [5, 5.41) is 13.8. The van der Waals surface area contributed by atoms with Crippen molar-refractivity contribution in [2.24, 2.45) is 0 Å². The van der Waals surface area contributed by atoms with Crippen LogP contribution < -0.4 is 0 Å². The second-order valence-corrected chi connectivity index (χ2v) is 7.99. The van der Waals surface area contributed by atoms with Gasteiger partial charge in [-0.25, -0.2) is 4.98 Å². The highest BCUT2D eigenvalue weighted by molar-refractivity contribution is 7.15. The monoisotopic (exact) mass is 386 g/mol. The Morgan fingerprint density at radius 2 is 1.93 bits per heavy atom. The van der Waals surface area contributed by atoms with E-state index in [1.54, 1.807) is 17.5 Å². The molecular weight excluding hydrogens is 368 g/mol. The lowest BCUT2D eigenvalue weighted by Gasteiger charge is -2.06. The average Bonchev–Trinajstić information content (AvgIpc) is 3.29. The lowest BCUT2D eigenvalue weighted by molar-refractivity contribution is 0.422. The highest BCUT2D eigenvalue weighted by Gasteiger charge is 2.16. The molecule has 1 N–H and O–H groups in total. The second-order valence-electron chi connectivity index (χ2n) is 6.75. The zero-order valence-corrected chi connectivity index (χ0v) is 16.1. The van der Waals surface area contributed by atoms with Gasteiger partial charge in [0.2, 0.25) is 5.88 Å².